The van der Waals surface area contributed by atoms with Crippen molar-refractivity contribution >= 4 is 37.2 Å². The highest BCUT2D eigenvalue weighted by Crippen LogP contribution is 2.39. The molecule has 0 aliphatic carbocycles. The maximum atomic E-state index is 12.9. The first-order chi connectivity index (χ1) is 12.4. The van der Waals surface area contributed by atoms with Crippen molar-refractivity contribution in [2.45, 2.75) is 123 Å². The van der Waals surface area contributed by atoms with Crippen molar-refractivity contribution in [3.63, 3.8) is 0 Å². The molecule has 172 valence electrons. The van der Waals surface area contributed by atoms with Gasteiger partial charge in [-0.1, -0.05) is 27.7 Å². The van der Waals surface area contributed by atoms with Crippen molar-refractivity contribution in [1.82, 2.24) is 0 Å². The molecule has 4 nitrogen and oxygen atoms in total. The van der Waals surface area contributed by atoms with Gasteiger partial charge in [-0.15, -0.1) is 0 Å². The molecule has 0 heterocycles. The third-order valence-electron chi connectivity index (χ3n) is 4.44. The monoisotopic (exact) mass is 448 g/mol. The van der Waals surface area contributed by atoms with Gasteiger partial charge in [0.25, 0.3) is 0 Å². The molecule has 0 spiro atoms. The Morgan fingerprint density at radius 3 is 1.00 bits per heavy atom. The molecule has 0 aromatic heterocycles. The first-order valence-corrected chi connectivity index (χ1v) is 11.2. The first-order valence-electron chi connectivity index (χ1n) is 10.3. The molecule has 0 aliphatic rings. The van der Waals surface area contributed by atoms with E-state index in [2.05, 4.69) is 25.3 Å². The smallest absolute Gasteiger partial charge is 0.312 e. The summed E-state index contributed by atoms with van der Waals surface area (Å²) in [5, 5.41) is 0. The molecule has 0 fully saturated rings. The number of hydrogen-bond acceptors (Lipinski definition) is 6. The lowest BCUT2D eigenvalue weighted by atomic mass is 9.74. The Morgan fingerprint density at radius 2 is 0.793 bits per heavy atom. The predicted octanol–water partition coefficient (Wildman–Crippen LogP) is 6.27. The normalized spacial score (nSPS) is 14.6. The molecule has 0 saturated carbocycles. The van der Waals surface area contributed by atoms with Crippen LogP contribution in [0.5, 0.6) is 0 Å². The Hall–Kier alpha value is -0.360. The van der Waals surface area contributed by atoms with E-state index in [1.54, 1.807) is 0 Å². The summed E-state index contributed by atoms with van der Waals surface area (Å²) in [6.07, 6.45) is 1.55. The summed E-state index contributed by atoms with van der Waals surface area (Å²) in [6, 6.07) is 0. The second kappa shape index (κ2) is 9.02. The third-order valence-corrected chi connectivity index (χ3v) is 4.76. The summed E-state index contributed by atoms with van der Waals surface area (Å²) in [7, 11) is 0. The molecule has 0 aromatic rings. The Morgan fingerprint density at radius 1 is 0.552 bits per heavy atom. The van der Waals surface area contributed by atoms with Crippen LogP contribution in [0.3, 0.4) is 0 Å². The van der Waals surface area contributed by atoms with Crippen LogP contribution in [0.4, 0.5) is 0 Å². The fourth-order valence-electron chi connectivity index (χ4n) is 4.18. The van der Waals surface area contributed by atoms with Gasteiger partial charge in [-0.2, -0.15) is 25.3 Å². The SMILES string of the molecule is CC(C)(S)CC(C)(C)OC(=O)C(C)(C)CC(C)(C)C(=O)OC(C)(C)CC(C)(C)S. The van der Waals surface area contributed by atoms with Gasteiger partial charge in [-0.05, 0) is 61.8 Å². The Kier molecular flexibility index (Phi) is 8.91. The fraction of sp³-hybridized carbons (Fsp3) is 0.913. The van der Waals surface area contributed by atoms with E-state index in [4.69, 9.17) is 9.47 Å². The molecule has 0 N–H and O–H groups in total. The van der Waals surface area contributed by atoms with Crippen LogP contribution in [-0.4, -0.2) is 32.6 Å². The maximum Gasteiger partial charge on any atom is 0.312 e. The van der Waals surface area contributed by atoms with E-state index in [0.717, 1.165) is 0 Å². The van der Waals surface area contributed by atoms with Gasteiger partial charge in [0.2, 0.25) is 0 Å². The summed E-state index contributed by atoms with van der Waals surface area (Å²) in [5.41, 5.74) is -2.98. The average molecular weight is 449 g/mol. The first kappa shape index (κ1) is 28.6. The van der Waals surface area contributed by atoms with Crippen LogP contribution in [0.15, 0.2) is 0 Å². The van der Waals surface area contributed by atoms with E-state index < -0.39 is 22.0 Å². The Labute approximate surface area is 190 Å². The number of carbonyl (C=O) groups is 2. The van der Waals surface area contributed by atoms with Crippen LogP contribution in [0, 0.1) is 10.8 Å². The van der Waals surface area contributed by atoms with E-state index in [0.29, 0.717) is 19.3 Å². The molecule has 0 unspecified atom stereocenters. The zero-order valence-electron chi connectivity index (χ0n) is 20.6. The average Bonchev–Trinajstić information content (AvgIpc) is 2.29. The van der Waals surface area contributed by atoms with Gasteiger partial charge in [0.05, 0.1) is 10.8 Å². The molecule has 0 rings (SSSR count). The molecule has 0 atom stereocenters. The number of rotatable bonds is 10. The van der Waals surface area contributed by atoms with Crippen LogP contribution >= 0.6 is 25.3 Å². The standard InChI is InChI=1S/C23H44O4S2/c1-18(2,16(24)26-20(5,6)14-22(9,10)28)13-19(3,4)17(25)27-21(7,8)15-23(11,12)29/h28-29H,13-15H2,1-12H3. The molecular formula is C23H44O4S2. The molecule has 0 aliphatic heterocycles. The largest absolute Gasteiger partial charge is 0.459 e. The quantitative estimate of drug-likeness (QED) is 0.305. The molecule has 29 heavy (non-hydrogen) atoms. The highest BCUT2D eigenvalue weighted by Gasteiger charge is 2.44. The third kappa shape index (κ3) is 11.6. The van der Waals surface area contributed by atoms with Crippen molar-refractivity contribution in [1.29, 1.82) is 0 Å². The molecular weight excluding hydrogens is 404 g/mol. The van der Waals surface area contributed by atoms with Crippen LogP contribution in [0.1, 0.15) is 102 Å². The van der Waals surface area contributed by atoms with Crippen molar-refractivity contribution in [3.05, 3.63) is 0 Å². The van der Waals surface area contributed by atoms with E-state index in [1.807, 2.05) is 83.1 Å². The fourth-order valence-corrected chi connectivity index (χ4v) is 4.94. The summed E-state index contributed by atoms with van der Waals surface area (Å²) in [5.74, 6) is -0.645. The summed E-state index contributed by atoms with van der Waals surface area (Å²) in [4.78, 5) is 25.9. The number of carbonyl (C=O) groups excluding carboxylic acids is 2. The van der Waals surface area contributed by atoms with Gasteiger partial charge in [0.1, 0.15) is 11.2 Å². The molecule has 0 bridgehead atoms. The van der Waals surface area contributed by atoms with Gasteiger partial charge in [0.15, 0.2) is 0 Å². The van der Waals surface area contributed by atoms with Gasteiger partial charge in [-0.3, -0.25) is 9.59 Å². The predicted molar refractivity (Wildman–Crippen MR) is 128 cm³/mol. The van der Waals surface area contributed by atoms with Crippen molar-refractivity contribution in [3.8, 4) is 0 Å². The molecule has 6 heteroatoms. The highest BCUT2D eigenvalue weighted by molar-refractivity contribution is 7.81. The molecule has 0 amide bonds. The topological polar surface area (TPSA) is 52.6 Å². The van der Waals surface area contributed by atoms with Crippen molar-refractivity contribution in [2.75, 3.05) is 0 Å². The van der Waals surface area contributed by atoms with E-state index in [1.165, 1.54) is 0 Å². The van der Waals surface area contributed by atoms with Crippen LogP contribution in [-0.2, 0) is 19.1 Å². The maximum absolute atomic E-state index is 12.9. The number of ether oxygens (including phenoxy) is 2. The molecule has 0 radical (unpaired) electrons. The lowest BCUT2D eigenvalue weighted by Crippen LogP contribution is -2.44. The second-order valence-electron chi connectivity index (χ2n) is 12.2. The van der Waals surface area contributed by atoms with Crippen molar-refractivity contribution in [2.24, 2.45) is 10.8 Å². The zero-order valence-corrected chi connectivity index (χ0v) is 22.4. The Balaban J connectivity index is 5.23. The lowest BCUT2D eigenvalue weighted by molar-refractivity contribution is -0.176. The Bertz CT molecular complexity index is 539. The number of hydrogen-bond donors (Lipinski definition) is 2. The minimum Gasteiger partial charge on any atom is -0.459 e. The second-order valence-corrected chi connectivity index (χ2v) is 14.6. The van der Waals surface area contributed by atoms with Crippen LogP contribution in [0.2, 0.25) is 0 Å². The van der Waals surface area contributed by atoms with Crippen LogP contribution in [0.25, 0.3) is 0 Å². The highest BCUT2D eigenvalue weighted by atomic mass is 32.1. The zero-order chi connectivity index (χ0) is 23.7. The summed E-state index contributed by atoms with van der Waals surface area (Å²) < 4.78 is 11.1. The lowest BCUT2D eigenvalue weighted by Gasteiger charge is -2.38. The molecule has 0 aromatic carbocycles. The van der Waals surface area contributed by atoms with E-state index in [9.17, 15) is 9.59 Å². The van der Waals surface area contributed by atoms with Crippen LogP contribution < -0.4 is 0 Å². The minimum absolute atomic E-state index is 0.261. The van der Waals surface area contributed by atoms with E-state index >= 15 is 0 Å². The minimum atomic E-state index is -0.840. The van der Waals surface area contributed by atoms with Gasteiger partial charge < -0.3 is 9.47 Å². The van der Waals surface area contributed by atoms with E-state index in [-0.39, 0.29) is 21.4 Å². The van der Waals surface area contributed by atoms with Gasteiger partial charge >= 0.3 is 11.9 Å². The van der Waals surface area contributed by atoms with Gasteiger partial charge in [0, 0.05) is 22.3 Å². The molecule has 0 saturated heterocycles. The summed E-state index contributed by atoms with van der Waals surface area (Å²) >= 11 is 9.10. The number of esters is 2. The van der Waals surface area contributed by atoms with Gasteiger partial charge in [-0.25, -0.2) is 0 Å². The summed E-state index contributed by atoms with van der Waals surface area (Å²) in [6.45, 7) is 22.8. The number of thiol groups is 2. The van der Waals surface area contributed by atoms with Crippen molar-refractivity contribution < 1.29 is 19.1 Å².